The van der Waals surface area contributed by atoms with E-state index in [1.165, 1.54) is 0 Å². The third-order valence-corrected chi connectivity index (χ3v) is 1.43. The van der Waals surface area contributed by atoms with Gasteiger partial charge in [0.1, 0.15) is 5.60 Å². The van der Waals surface area contributed by atoms with Crippen LogP contribution in [0.25, 0.3) is 0 Å². The van der Waals surface area contributed by atoms with Crippen LogP contribution in [0.4, 0.5) is 8.78 Å². The van der Waals surface area contributed by atoms with Gasteiger partial charge in [0.15, 0.2) is 5.82 Å². The third kappa shape index (κ3) is 3.27. The number of halogens is 2. The van der Waals surface area contributed by atoms with Gasteiger partial charge in [0.2, 0.25) is 5.95 Å². The van der Waals surface area contributed by atoms with E-state index >= 15 is 0 Å². The van der Waals surface area contributed by atoms with E-state index in [0.29, 0.717) is 0 Å². The van der Waals surface area contributed by atoms with E-state index in [2.05, 4.69) is 4.98 Å². The van der Waals surface area contributed by atoms with Crippen molar-refractivity contribution in [2.24, 2.45) is 0 Å². The van der Waals surface area contributed by atoms with Gasteiger partial charge in [-0.2, -0.15) is 4.39 Å². The van der Waals surface area contributed by atoms with Gasteiger partial charge in [0, 0.05) is 6.20 Å². The highest BCUT2D eigenvalue weighted by Gasteiger charge is 2.19. The van der Waals surface area contributed by atoms with Crippen molar-refractivity contribution in [3.05, 3.63) is 29.6 Å². The van der Waals surface area contributed by atoms with Crippen LogP contribution < -0.4 is 0 Å². The summed E-state index contributed by atoms with van der Waals surface area (Å²) in [4.78, 5) is 14.5. The Morgan fingerprint density at radius 2 is 2.00 bits per heavy atom. The number of ether oxygens (including phenoxy) is 1. The normalized spacial score (nSPS) is 11.3. The van der Waals surface area contributed by atoms with E-state index in [4.69, 9.17) is 4.74 Å². The molecule has 0 radical (unpaired) electrons. The van der Waals surface area contributed by atoms with Gasteiger partial charge in [-0.25, -0.2) is 14.2 Å². The lowest BCUT2D eigenvalue weighted by molar-refractivity contribution is 0.00683. The van der Waals surface area contributed by atoms with Crippen LogP contribution in [0.2, 0.25) is 0 Å². The number of hydrogen-bond acceptors (Lipinski definition) is 3. The van der Waals surface area contributed by atoms with Gasteiger partial charge in [0.05, 0.1) is 5.56 Å². The standard InChI is InChI=1S/C10H11F2NO2/c1-10(2,3)15-9(14)6-4-7(11)8(12)13-5-6/h4-5H,1-3H3. The van der Waals surface area contributed by atoms with Crippen LogP contribution in [-0.2, 0) is 4.74 Å². The lowest BCUT2D eigenvalue weighted by Crippen LogP contribution is -2.24. The molecule has 0 aromatic carbocycles. The summed E-state index contributed by atoms with van der Waals surface area (Å²) in [6.07, 6.45) is 0.937. The molecule has 0 N–H and O–H groups in total. The van der Waals surface area contributed by atoms with Crippen molar-refractivity contribution >= 4 is 5.97 Å². The van der Waals surface area contributed by atoms with Crippen molar-refractivity contribution in [1.29, 1.82) is 0 Å². The minimum Gasteiger partial charge on any atom is -0.456 e. The van der Waals surface area contributed by atoms with Crippen LogP contribution in [0.3, 0.4) is 0 Å². The van der Waals surface area contributed by atoms with Gasteiger partial charge >= 0.3 is 5.97 Å². The largest absolute Gasteiger partial charge is 0.456 e. The molecule has 1 heterocycles. The second-order valence-electron chi connectivity index (χ2n) is 4.00. The number of carbonyl (C=O) groups excluding carboxylic acids is 1. The van der Waals surface area contributed by atoms with Crippen LogP contribution in [0.15, 0.2) is 12.3 Å². The third-order valence-electron chi connectivity index (χ3n) is 1.43. The average Bonchev–Trinajstić information content (AvgIpc) is 2.06. The van der Waals surface area contributed by atoms with Crippen LogP contribution >= 0.6 is 0 Å². The zero-order valence-corrected chi connectivity index (χ0v) is 8.67. The van der Waals surface area contributed by atoms with Crippen LogP contribution in [0.5, 0.6) is 0 Å². The Kier molecular flexibility index (Phi) is 3.02. The number of nitrogens with zero attached hydrogens (tertiary/aromatic N) is 1. The summed E-state index contributed by atoms with van der Waals surface area (Å²) in [5.41, 5.74) is -0.786. The predicted molar refractivity (Wildman–Crippen MR) is 49.3 cm³/mol. The minimum atomic E-state index is -1.23. The summed E-state index contributed by atoms with van der Waals surface area (Å²) in [6.45, 7) is 5.04. The number of esters is 1. The molecular formula is C10H11F2NO2. The molecule has 0 saturated heterocycles. The molecular weight excluding hydrogens is 204 g/mol. The molecule has 0 aliphatic carbocycles. The van der Waals surface area contributed by atoms with Crippen molar-refractivity contribution in [2.45, 2.75) is 26.4 Å². The molecule has 82 valence electrons. The summed E-state index contributed by atoms with van der Waals surface area (Å²) in [5, 5.41) is 0. The quantitative estimate of drug-likeness (QED) is 0.533. The zero-order chi connectivity index (χ0) is 11.6. The maximum Gasteiger partial charge on any atom is 0.340 e. The molecule has 0 aliphatic rings. The van der Waals surface area contributed by atoms with Crippen molar-refractivity contribution in [3.63, 3.8) is 0 Å². The van der Waals surface area contributed by atoms with E-state index in [-0.39, 0.29) is 5.56 Å². The molecule has 0 fully saturated rings. The molecule has 0 bridgehead atoms. The zero-order valence-electron chi connectivity index (χ0n) is 8.67. The molecule has 0 saturated carbocycles. The Morgan fingerprint density at radius 1 is 1.40 bits per heavy atom. The van der Waals surface area contributed by atoms with Crippen molar-refractivity contribution in [1.82, 2.24) is 4.98 Å². The summed E-state index contributed by atoms with van der Waals surface area (Å²) >= 11 is 0. The van der Waals surface area contributed by atoms with E-state index in [0.717, 1.165) is 12.3 Å². The first-order valence-electron chi connectivity index (χ1n) is 4.34. The molecule has 1 aromatic rings. The first-order valence-corrected chi connectivity index (χ1v) is 4.34. The van der Waals surface area contributed by atoms with E-state index in [1.54, 1.807) is 20.8 Å². The predicted octanol–water partition coefficient (Wildman–Crippen LogP) is 2.32. The fourth-order valence-corrected chi connectivity index (χ4v) is 0.870. The second-order valence-corrected chi connectivity index (χ2v) is 4.00. The Balaban J connectivity index is 2.88. The Bertz CT molecular complexity index is 385. The SMILES string of the molecule is CC(C)(C)OC(=O)c1cnc(F)c(F)c1. The molecule has 0 atom stereocenters. The van der Waals surface area contributed by atoms with Crippen LogP contribution in [0, 0.1) is 11.8 Å². The molecule has 0 amide bonds. The molecule has 15 heavy (non-hydrogen) atoms. The van der Waals surface area contributed by atoms with Gasteiger partial charge in [-0.15, -0.1) is 0 Å². The second kappa shape index (κ2) is 3.92. The minimum absolute atomic E-state index is 0.108. The van der Waals surface area contributed by atoms with Gasteiger partial charge in [-0.3, -0.25) is 0 Å². The summed E-state index contributed by atoms with van der Waals surface area (Å²) in [6, 6.07) is 0.760. The lowest BCUT2D eigenvalue weighted by Gasteiger charge is -2.19. The maximum absolute atomic E-state index is 12.7. The lowest BCUT2D eigenvalue weighted by atomic mass is 10.2. The number of pyridine rings is 1. The van der Waals surface area contributed by atoms with E-state index in [1.807, 2.05) is 0 Å². The topological polar surface area (TPSA) is 39.2 Å². The Hall–Kier alpha value is -1.52. The highest BCUT2D eigenvalue weighted by molar-refractivity contribution is 5.89. The molecule has 0 unspecified atom stereocenters. The average molecular weight is 215 g/mol. The molecule has 1 aromatic heterocycles. The Labute approximate surface area is 86.1 Å². The van der Waals surface area contributed by atoms with Gasteiger partial charge in [0.25, 0.3) is 0 Å². The van der Waals surface area contributed by atoms with Crippen LogP contribution in [-0.4, -0.2) is 16.6 Å². The van der Waals surface area contributed by atoms with Gasteiger partial charge in [-0.05, 0) is 26.8 Å². The number of rotatable bonds is 1. The van der Waals surface area contributed by atoms with Gasteiger partial charge < -0.3 is 4.74 Å². The summed E-state index contributed by atoms with van der Waals surface area (Å²) in [5.74, 6) is -3.13. The first-order chi connectivity index (χ1) is 6.79. The van der Waals surface area contributed by atoms with Crippen molar-refractivity contribution in [3.8, 4) is 0 Å². The molecule has 3 nitrogen and oxygen atoms in total. The van der Waals surface area contributed by atoms with E-state index < -0.39 is 23.3 Å². The first kappa shape index (κ1) is 11.6. The number of aromatic nitrogens is 1. The van der Waals surface area contributed by atoms with Crippen LogP contribution in [0.1, 0.15) is 31.1 Å². The number of hydrogen-bond donors (Lipinski definition) is 0. The van der Waals surface area contributed by atoms with Gasteiger partial charge in [-0.1, -0.05) is 0 Å². The molecule has 0 spiro atoms. The fourth-order valence-electron chi connectivity index (χ4n) is 0.870. The Morgan fingerprint density at radius 3 is 2.47 bits per heavy atom. The smallest absolute Gasteiger partial charge is 0.340 e. The molecule has 0 aliphatic heterocycles. The summed E-state index contributed by atoms with van der Waals surface area (Å²) in [7, 11) is 0. The monoisotopic (exact) mass is 215 g/mol. The van der Waals surface area contributed by atoms with Crippen molar-refractivity contribution in [2.75, 3.05) is 0 Å². The highest BCUT2D eigenvalue weighted by atomic mass is 19.2. The maximum atomic E-state index is 12.7. The molecule has 5 heteroatoms. The van der Waals surface area contributed by atoms with Crippen molar-refractivity contribution < 1.29 is 18.3 Å². The summed E-state index contributed by atoms with van der Waals surface area (Å²) < 4.78 is 30.1. The highest BCUT2D eigenvalue weighted by Crippen LogP contribution is 2.12. The van der Waals surface area contributed by atoms with E-state index in [9.17, 15) is 13.6 Å². The fraction of sp³-hybridized carbons (Fsp3) is 0.400. The number of carbonyl (C=O) groups is 1. The molecule has 1 rings (SSSR count).